The Morgan fingerprint density at radius 1 is 1.03 bits per heavy atom. The number of methoxy groups -OCH3 is 1. The number of phenols is 1. The summed E-state index contributed by atoms with van der Waals surface area (Å²) in [4.78, 5) is 12.1. The number of ether oxygens (including phenoxy) is 1. The van der Waals surface area contributed by atoms with Gasteiger partial charge in [0.1, 0.15) is 11.5 Å². The van der Waals surface area contributed by atoms with Crippen LogP contribution in [0.25, 0.3) is 0 Å². The van der Waals surface area contributed by atoms with E-state index in [1.165, 1.54) is 24.4 Å². The summed E-state index contributed by atoms with van der Waals surface area (Å²) in [5, 5.41) is 17.4. The normalized spacial score (nSPS) is 10.7. The number of nitrogens with one attached hydrogen (secondary N) is 2. The van der Waals surface area contributed by atoms with E-state index in [4.69, 9.17) is 27.9 Å². The molecule has 0 atom stereocenters. The molecule has 0 aromatic heterocycles. The lowest BCUT2D eigenvalue weighted by Crippen LogP contribution is -2.17. The van der Waals surface area contributed by atoms with Gasteiger partial charge in [0.15, 0.2) is 0 Å². The summed E-state index contributed by atoms with van der Waals surface area (Å²) < 4.78 is 5.40. The number of rotatable bonds is 6. The van der Waals surface area contributed by atoms with E-state index in [-0.39, 0.29) is 16.3 Å². The largest absolute Gasteiger partial charge is 0.506 e. The molecule has 0 radical (unpaired) electrons. The Bertz CT molecular complexity index is 1050. The summed E-state index contributed by atoms with van der Waals surface area (Å²) in [5.41, 5.74) is 5.08. The van der Waals surface area contributed by atoms with Crippen molar-refractivity contribution in [2.24, 2.45) is 5.10 Å². The zero-order valence-electron chi connectivity index (χ0n) is 15.3. The van der Waals surface area contributed by atoms with E-state index in [1.54, 1.807) is 19.2 Å². The second-order valence-electron chi connectivity index (χ2n) is 5.95. The molecule has 0 heterocycles. The van der Waals surface area contributed by atoms with Crippen molar-refractivity contribution in [3.8, 4) is 11.5 Å². The summed E-state index contributed by atoms with van der Waals surface area (Å²) in [6.07, 6.45) is 1.48. The Kier molecular flexibility index (Phi) is 6.59. The van der Waals surface area contributed by atoms with Gasteiger partial charge in [-0.3, -0.25) is 4.79 Å². The third-order valence-electron chi connectivity index (χ3n) is 3.95. The van der Waals surface area contributed by atoms with E-state index in [9.17, 15) is 9.90 Å². The number of anilines is 2. The number of phenolic OH excluding ortho intramolecular Hbond substituents is 1. The minimum atomic E-state index is -0.455. The highest BCUT2D eigenvalue weighted by Gasteiger charge is 2.08. The van der Waals surface area contributed by atoms with Gasteiger partial charge in [-0.25, -0.2) is 5.43 Å². The average Bonchev–Trinajstić information content (AvgIpc) is 2.72. The van der Waals surface area contributed by atoms with Gasteiger partial charge < -0.3 is 15.2 Å². The summed E-state index contributed by atoms with van der Waals surface area (Å²) in [5.74, 6) is 0.0292. The minimum Gasteiger partial charge on any atom is -0.506 e. The van der Waals surface area contributed by atoms with Gasteiger partial charge in [0.05, 0.1) is 18.3 Å². The lowest BCUT2D eigenvalue weighted by atomic mass is 10.2. The number of hydrogen-bond acceptors (Lipinski definition) is 5. The third-order valence-corrected chi connectivity index (χ3v) is 4.50. The van der Waals surface area contributed by atoms with Crippen LogP contribution in [-0.4, -0.2) is 24.3 Å². The molecule has 0 aliphatic carbocycles. The lowest BCUT2D eigenvalue weighted by Gasteiger charge is -2.10. The van der Waals surface area contributed by atoms with Crippen molar-refractivity contribution in [1.82, 2.24) is 5.43 Å². The van der Waals surface area contributed by atoms with Gasteiger partial charge in [-0.15, -0.1) is 0 Å². The van der Waals surface area contributed by atoms with E-state index in [1.807, 2.05) is 30.3 Å². The topological polar surface area (TPSA) is 83.0 Å². The van der Waals surface area contributed by atoms with Gasteiger partial charge in [0, 0.05) is 33.6 Å². The summed E-state index contributed by atoms with van der Waals surface area (Å²) in [6.45, 7) is 0. The number of carbonyl (C=O) groups excluding carboxylic acids is 1. The van der Waals surface area contributed by atoms with E-state index >= 15 is 0 Å². The highest BCUT2D eigenvalue weighted by Crippen LogP contribution is 2.26. The molecule has 0 saturated heterocycles. The Hall–Kier alpha value is -3.22. The Balaban J connectivity index is 1.68. The zero-order chi connectivity index (χ0) is 20.8. The number of nitrogens with zero attached hydrogens (tertiary/aromatic N) is 1. The molecular weight excluding hydrogens is 413 g/mol. The van der Waals surface area contributed by atoms with Crippen LogP contribution >= 0.6 is 23.2 Å². The van der Waals surface area contributed by atoms with Crippen molar-refractivity contribution in [1.29, 1.82) is 0 Å². The molecule has 0 unspecified atom stereocenters. The highest BCUT2D eigenvalue weighted by atomic mass is 35.5. The van der Waals surface area contributed by atoms with Crippen molar-refractivity contribution < 1.29 is 14.6 Å². The van der Waals surface area contributed by atoms with Crippen LogP contribution in [0.3, 0.4) is 0 Å². The fourth-order valence-electron chi connectivity index (χ4n) is 2.47. The fourth-order valence-corrected chi connectivity index (χ4v) is 2.78. The lowest BCUT2D eigenvalue weighted by molar-refractivity contribution is 0.0955. The predicted octanol–water partition coefficient (Wildman–Crippen LogP) is 5.22. The molecule has 148 valence electrons. The molecule has 3 rings (SSSR count). The van der Waals surface area contributed by atoms with Gasteiger partial charge in [-0.05, 0) is 54.6 Å². The number of amides is 1. The number of benzene rings is 3. The third kappa shape index (κ3) is 5.40. The van der Waals surface area contributed by atoms with E-state index < -0.39 is 5.91 Å². The second-order valence-corrected chi connectivity index (χ2v) is 6.80. The van der Waals surface area contributed by atoms with Crippen molar-refractivity contribution in [3.63, 3.8) is 0 Å². The molecule has 0 aliphatic heterocycles. The summed E-state index contributed by atoms with van der Waals surface area (Å²) in [6, 6.07) is 17.0. The molecule has 1 amide bonds. The van der Waals surface area contributed by atoms with Crippen LogP contribution in [0.1, 0.15) is 15.9 Å². The van der Waals surface area contributed by atoms with Crippen LogP contribution in [0.2, 0.25) is 10.0 Å². The van der Waals surface area contributed by atoms with Crippen LogP contribution in [0.5, 0.6) is 11.5 Å². The van der Waals surface area contributed by atoms with Crippen LogP contribution < -0.4 is 15.5 Å². The summed E-state index contributed by atoms with van der Waals surface area (Å²) >= 11 is 11.7. The van der Waals surface area contributed by atoms with Gasteiger partial charge in [0.25, 0.3) is 5.91 Å². The predicted molar refractivity (Wildman–Crippen MR) is 116 cm³/mol. The number of hydrogen-bond donors (Lipinski definition) is 3. The molecule has 0 spiro atoms. The number of aromatic hydroxyl groups is 1. The molecular formula is C21H17Cl2N3O3. The number of hydrazone groups is 1. The van der Waals surface area contributed by atoms with Crippen molar-refractivity contribution in [2.45, 2.75) is 0 Å². The monoisotopic (exact) mass is 429 g/mol. The second kappa shape index (κ2) is 9.32. The fraction of sp³-hybridized carbons (Fsp3) is 0.0476. The maximum Gasteiger partial charge on any atom is 0.271 e. The zero-order valence-corrected chi connectivity index (χ0v) is 16.8. The van der Waals surface area contributed by atoms with E-state index in [0.717, 1.165) is 11.4 Å². The highest BCUT2D eigenvalue weighted by molar-refractivity contribution is 6.32. The van der Waals surface area contributed by atoms with E-state index in [2.05, 4.69) is 15.8 Å². The molecule has 0 fully saturated rings. The first-order valence-electron chi connectivity index (χ1n) is 8.49. The quantitative estimate of drug-likeness (QED) is 0.370. The number of carbonyl (C=O) groups is 1. The van der Waals surface area contributed by atoms with Crippen molar-refractivity contribution in [3.05, 3.63) is 81.8 Å². The van der Waals surface area contributed by atoms with Crippen LogP contribution in [0.15, 0.2) is 65.8 Å². The van der Waals surface area contributed by atoms with Crippen molar-refractivity contribution >= 4 is 46.7 Å². The molecule has 3 aromatic carbocycles. The van der Waals surface area contributed by atoms with Crippen LogP contribution in [0.4, 0.5) is 11.4 Å². The molecule has 0 aliphatic rings. The van der Waals surface area contributed by atoms with E-state index in [0.29, 0.717) is 16.3 Å². The standard InChI is InChI=1S/C21H17Cl2N3O3/c1-29-20-11-17(25-16-7-4-15(22)5-8-16)6-2-14(20)12-24-26-21(28)13-3-9-19(27)18(23)10-13/h2-12,25,27H,1H3,(H,26,28). The van der Waals surface area contributed by atoms with Gasteiger partial charge in [-0.2, -0.15) is 5.10 Å². The first-order chi connectivity index (χ1) is 14.0. The smallest absolute Gasteiger partial charge is 0.271 e. The Morgan fingerprint density at radius 3 is 2.45 bits per heavy atom. The SMILES string of the molecule is COc1cc(Nc2ccc(Cl)cc2)ccc1C=NNC(=O)c1ccc(O)c(Cl)c1. The van der Waals surface area contributed by atoms with Crippen LogP contribution in [-0.2, 0) is 0 Å². The maximum absolute atomic E-state index is 12.1. The molecule has 29 heavy (non-hydrogen) atoms. The Morgan fingerprint density at radius 2 is 1.76 bits per heavy atom. The first kappa shape index (κ1) is 20.5. The molecule has 3 N–H and O–H groups in total. The molecule has 0 bridgehead atoms. The first-order valence-corrected chi connectivity index (χ1v) is 9.24. The summed E-state index contributed by atoms with van der Waals surface area (Å²) in [7, 11) is 1.55. The molecule has 0 saturated carbocycles. The average molecular weight is 430 g/mol. The van der Waals surface area contributed by atoms with Gasteiger partial charge in [-0.1, -0.05) is 23.2 Å². The maximum atomic E-state index is 12.1. The van der Waals surface area contributed by atoms with Crippen LogP contribution in [0, 0.1) is 0 Å². The number of halogens is 2. The molecule has 6 nitrogen and oxygen atoms in total. The van der Waals surface area contributed by atoms with Crippen molar-refractivity contribution in [2.75, 3.05) is 12.4 Å². The van der Waals surface area contributed by atoms with Gasteiger partial charge in [0.2, 0.25) is 0 Å². The molecule has 8 heteroatoms. The Labute approximate surface area is 177 Å². The molecule has 3 aromatic rings. The van der Waals surface area contributed by atoms with Gasteiger partial charge >= 0.3 is 0 Å². The minimum absolute atomic E-state index is 0.0899.